The second-order valence-electron chi connectivity index (χ2n) is 4.62. The number of rotatable bonds is 7. The van der Waals surface area contributed by atoms with Gasteiger partial charge in [-0.15, -0.1) is 11.8 Å². The smallest absolute Gasteiger partial charge is 0.316 e. The largest absolute Gasteiger partial charge is 0.460 e. The van der Waals surface area contributed by atoms with E-state index in [0.29, 0.717) is 10.5 Å². The molecule has 0 radical (unpaired) electrons. The monoisotopic (exact) mass is 348 g/mol. The Kier molecular flexibility index (Phi) is 5.85. The van der Waals surface area contributed by atoms with Crippen LogP contribution < -0.4 is 0 Å². The summed E-state index contributed by atoms with van der Waals surface area (Å²) in [7, 11) is 0. The highest BCUT2D eigenvalue weighted by Crippen LogP contribution is 2.21. The molecule has 0 unspecified atom stereocenters. The van der Waals surface area contributed by atoms with E-state index in [1.165, 1.54) is 48.2 Å². The van der Waals surface area contributed by atoms with E-state index in [1.807, 2.05) is 0 Å². The van der Waals surface area contributed by atoms with Gasteiger partial charge in [0.1, 0.15) is 6.61 Å². The van der Waals surface area contributed by atoms with Gasteiger partial charge in [-0.1, -0.05) is 0 Å². The maximum atomic E-state index is 11.7. The van der Waals surface area contributed by atoms with Crippen molar-refractivity contribution in [2.24, 2.45) is 0 Å². The lowest BCUT2D eigenvalue weighted by Crippen LogP contribution is -2.07. The molecule has 124 valence electrons. The number of nitro benzene ring substituents is 2. The van der Waals surface area contributed by atoms with Crippen LogP contribution >= 0.6 is 11.8 Å². The van der Waals surface area contributed by atoms with E-state index in [9.17, 15) is 25.0 Å². The molecule has 2 aromatic carbocycles. The average Bonchev–Trinajstić information content (AvgIpc) is 2.58. The Hall–Kier alpha value is -2.94. The van der Waals surface area contributed by atoms with Gasteiger partial charge in [0.05, 0.1) is 15.6 Å². The second kappa shape index (κ2) is 8.06. The third kappa shape index (κ3) is 5.06. The minimum Gasteiger partial charge on any atom is -0.460 e. The third-order valence-corrected chi connectivity index (χ3v) is 3.94. The Bertz CT molecular complexity index is 682. The molecule has 2 aromatic rings. The summed E-state index contributed by atoms with van der Waals surface area (Å²) in [4.78, 5) is 32.5. The van der Waals surface area contributed by atoms with Gasteiger partial charge in [0, 0.05) is 29.2 Å². The quantitative estimate of drug-likeness (QED) is 0.326. The zero-order valence-electron chi connectivity index (χ0n) is 12.3. The molecule has 0 spiro atoms. The summed E-state index contributed by atoms with van der Waals surface area (Å²) in [6.45, 7) is 0.0254. The Balaban J connectivity index is 1.78. The van der Waals surface area contributed by atoms with Crippen LogP contribution in [0.25, 0.3) is 0 Å². The van der Waals surface area contributed by atoms with E-state index in [2.05, 4.69) is 0 Å². The topological polar surface area (TPSA) is 113 Å². The van der Waals surface area contributed by atoms with Gasteiger partial charge >= 0.3 is 5.97 Å². The Morgan fingerprint density at radius 1 is 0.917 bits per heavy atom. The zero-order chi connectivity index (χ0) is 17.5. The lowest BCUT2D eigenvalue weighted by atomic mass is 10.2. The molecule has 0 bridgehead atoms. The van der Waals surface area contributed by atoms with Gasteiger partial charge in [-0.3, -0.25) is 25.0 Å². The highest BCUT2D eigenvalue weighted by atomic mass is 32.2. The minimum absolute atomic E-state index is 0.0138. The van der Waals surface area contributed by atoms with Gasteiger partial charge in [0.15, 0.2) is 0 Å². The molecule has 0 saturated heterocycles. The summed E-state index contributed by atoms with van der Waals surface area (Å²) < 4.78 is 5.07. The Morgan fingerprint density at radius 3 is 1.92 bits per heavy atom. The van der Waals surface area contributed by atoms with E-state index in [1.54, 1.807) is 12.1 Å². The van der Waals surface area contributed by atoms with Gasteiger partial charge < -0.3 is 4.74 Å². The molecular weight excluding hydrogens is 336 g/mol. The second-order valence-corrected chi connectivity index (χ2v) is 5.67. The van der Waals surface area contributed by atoms with E-state index < -0.39 is 15.8 Å². The molecule has 0 N–H and O–H groups in total. The van der Waals surface area contributed by atoms with Crippen LogP contribution in [-0.2, 0) is 16.1 Å². The van der Waals surface area contributed by atoms with Crippen LogP contribution in [0, 0.1) is 20.2 Å². The standard InChI is InChI=1S/C15H12N2O6S/c18-15(10-24-14-7-5-13(6-8-14)17(21)22)23-9-11-1-3-12(4-2-11)16(19)20/h1-8H,9-10H2. The molecule has 8 nitrogen and oxygen atoms in total. The van der Waals surface area contributed by atoms with Crippen molar-refractivity contribution < 1.29 is 19.4 Å². The predicted octanol–water partition coefficient (Wildman–Crippen LogP) is 3.34. The van der Waals surface area contributed by atoms with Crippen molar-refractivity contribution in [1.82, 2.24) is 0 Å². The van der Waals surface area contributed by atoms with Crippen LogP contribution in [0.1, 0.15) is 5.56 Å². The van der Waals surface area contributed by atoms with Crippen molar-refractivity contribution in [2.75, 3.05) is 5.75 Å². The number of ether oxygens (including phenoxy) is 1. The molecular formula is C15H12N2O6S. The zero-order valence-corrected chi connectivity index (χ0v) is 13.1. The van der Waals surface area contributed by atoms with Crippen molar-refractivity contribution in [1.29, 1.82) is 0 Å². The van der Waals surface area contributed by atoms with Crippen LogP contribution in [0.5, 0.6) is 0 Å². The molecule has 0 aliphatic heterocycles. The molecule has 0 aliphatic carbocycles. The lowest BCUT2D eigenvalue weighted by molar-refractivity contribution is -0.385. The highest BCUT2D eigenvalue weighted by molar-refractivity contribution is 8.00. The highest BCUT2D eigenvalue weighted by Gasteiger charge is 2.09. The van der Waals surface area contributed by atoms with Gasteiger partial charge in [-0.05, 0) is 29.8 Å². The third-order valence-electron chi connectivity index (χ3n) is 2.95. The van der Waals surface area contributed by atoms with Gasteiger partial charge in [0.2, 0.25) is 0 Å². The lowest BCUT2D eigenvalue weighted by Gasteiger charge is -2.05. The molecule has 9 heteroatoms. The SMILES string of the molecule is O=C(CSc1ccc([N+](=O)[O-])cc1)OCc1ccc([N+](=O)[O-])cc1. The molecule has 0 amide bonds. The summed E-state index contributed by atoms with van der Waals surface area (Å²) in [5.41, 5.74) is 0.605. The van der Waals surface area contributed by atoms with Crippen LogP contribution in [0.3, 0.4) is 0 Å². The average molecular weight is 348 g/mol. The van der Waals surface area contributed by atoms with Crippen LogP contribution in [0.2, 0.25) is 0 Å². The molecule has 24 heavy (non-hydrogen) atoms. The normalized spacial score (nSPS) is 10.2. The fraction of sp³-hybridized carbons (Fsp3) is 0.133. The number of esters is 1. The molecule has 0 fully saturated rings. The summed E-state index contributed by atoms with van der Waals surface area (Å²) in [5.74, 6) is -0.387. The minimum atomic E-state index is -0.503. The molecule has 0 aliphatic rings. The number of carbonyl (C=O) groups excluding carboxylic acids is 1. The fourth-order valence-electron chi connectivity index (χ4n) is 1.73. The first-order chi connectivity index (χ1) is 11.5. The van der Waals surface area contributed by atoms with Gasteiger partial charge in [-0.25, -0.2) is 0 Å². The van der Waals surface area contributed by atoms with Crippen molar-refractivity contribution in [3.05, 3.63) is 74.3 Å². The number of thioether (sulfide) groups is 1. The van der Waals surface area contributed by atoms with E-state index in [0.717, 1.165) is 0 Å². The first-order valence-corrected chi connectivity index (χ1v) is 7.70. The Labute approximate surface area is 140 Å². The number of non-ortho nitro benzene ring substituents is 2. The molecule has 0 atom stereocenters. The van der Waals surface area contributed by atoms with Crippen LogP contribution in [0.15, 0.2) is 53.4 Å². The first-order valence-electron chi connectivity index (χ1n) is 6.72. The van der Waals surface area contributed by atoms with Crippen molar-refractivity contribution in [2.45, 2.75) is 11.5 Å². The maximum absolute atomic E-state index is 11.7. The summed E-state index contributed by atoms with van der Waals surface area (Å²) in [6, 6.07) is 11.6. The number of hydrogen-bond donors (Lipinski definition) is 0. The van der Waals surface area contributed by atoms with Crippen molar-refractivity contribution in [3.8, 4) is 0 Å². The summed E-state index contributed by atoms with van der Waals surface area (Å²) >= 11 is 1.20. The summed E-state index contributed by atoms with van der Waals surface area (Å²) in [6.07, 6.45) is 0. The number of nitrogens with zero attached hydrogens (tertiary/aromatic N) is 2. The van der Waals surface area contributed by atoms with E-state index in [-0.39, 0.29) is 23.7 Å². The molecule has 0 aromatic heterocycles. The fourth-order valence-corrected chi connectivity index (χ4v) is 2.42. The molecule has 0 saturated carbocycles. The maximum Gasteiger partial charge on any atom is 0.316 e. The van der Waals surface area contributed by atoms with E-state index in [4.69, 9.17) is 4.74 Å². The van der Waals surface area contributed by atoms with E-state index >= 15 is 0 Å². The van der Waals surface area contributed by atoms with Gasteiger partial charge in [-0.2, -0.15) is 0 Å². The summed E-state index contributed by atoms with van der Waals surface area (Å²) in [5, 5.41) is 21.1. The van der Waals surface area contributed by atoms with Crippen molar-refractivity contribution in [3.63, 3.8) is 0 Å². The number of carbonyl (C=O) groups is 1. The molecule has 2 rings (SSSR count). The van der Waals surface area contributed by atoms with Crippen molar-refractivity contribution >= 4 is 29.1 Å². The van der Waals surface area contributed by atoms with Crippen LogP contribution in [0.4, 0.5) is 11.4 Å². The number of benzene rings is 2. The van der Waals surface area contributed by atoms with Crippen LogP contribution in [-0.4, -0.2) is 21.6 Å². The molecule has 0 heterocycles. The predicted molar refractivity (Wildman–Crippen MR) is 86.7 cm³/mol. The van der Waals surface area contributed by atoms with Gasteiger partial charge in [0.25, 0.3) is 11.4 Å². The number of nitro groups is 2. The first kappa shape index (κ1) is 17.4. The number of hydrogen-bond acceptors (Lipinski definition) is 7. The Morgan fingerprint density at radius 2 is 1.42 bits per heavy atom.